The van der Waals surface area contributed by atoms with Crippen molar-refractivity contribution in [2.45, 2.75) is 52.2 Å². The number of aliphatic hydroxyl groups excluding tert-OH is 1. The Morgan fingerprint density at radius 1 is 1.29 bits per heavy atom. The summed E-state index contributed by atoms with van der Waals surface area (Å²) >= 11 is 0. The second-order valence-corrected chi connectivity index (χ2v) is 3.77. The van der Waals surface area contributed by atoms with Crippen molar-refractivity contribution in [1.29, 1.82) is 0 Å². The first-order valence-corrected chi connectivity index (χ1v) is 5.70. The van der Waals surface area contributed by atoms with Gasteiger partial charge in [-0.3, -0.25) is 0 Å². The van der Waals surface area contributed by atoms with Gasteiger partial charge >= 0.3 is 0 Å². The van der Waals surface area contributed by atoms with Gasteiger partial charge in [0, 0.05) is 0 Å². The van der Waals surface area contributed by atoms with Crippen LogP contribution < -0.4 is 5.32 Å². The van der Waals surface area contributed by atoms with Crippen LogP contribution in [0.1, 0.15) is 40.0 Å². The van der Waals surface area contributed by atoms with Crippen molar-refractivity contribution < 1.29 is 9.84 Å². The Kier molecular flexibility index (Phi) is 9.35. The molecule has 0 saturated heterocycles. The summed E-state index contributed by atoms with van der Waals surface area (Å²) < 4.78 is 5.61. The molecule has 3 nitrogen and oxygen atoms in total. The summed E-state index contributed by atoms with van der Waals surface area (Å²) in [6, 6.07) is 0.0919. The number of aliphatic hydroxyl groups is 1. The molecule has 0 aliphatic carbocycles. The Balaban J connectivity index is 3.50. The smallest absolute Gasteiger partial charge is 0.0645 e. The highest BCUT2D eigenvalue weighted by atomic mass is 16.5. The van der Waals surface area contributed by atoms with Gasteiger partial charge in [-0.15, -0.1) is 0 Å². The molecule has 0 radical (unpaired) electrons. The third kappa shape index (κ3) is 7.30. The van der Waals surface area contributed by atoms with E-state index in [2.05, 4.69) is 26.1 Å². The summed E-state index contributed by atoms with van der Waals surface area (Å²) in [5.74, 6) is 0. The van der Waals surface area contributed by atoms with Gasteiger partial charge in [-0.1, -0.05) is 20.3 Å². The highest BCUT2D eigenvalue weighted by Gasteiger charge is 2.08. The maximum Gasteiger partial charge on any atom is 0.0645 e. The topological polar surface area (TPSA) is 41.5 Å². The molecule has 14 heavy (non-hydrogen) atoms. The summed E-state index contributed by atoms with van der Waals surface area (Å²) in [6.07, 6.45) is 3.62. The monoisotopic (exact) mass is 203 g/mol. The van der Waals surface area contributed by atoms with E-state index in [1.165, 1.54) is 0 Å². The zero-order chi connectivity index (χ0) is 10.8. The van der Waals surface area contributed by atoms with Gasteiger partial charge in [-0.25, -0.2) is 0 Å². The van der Waals surface area contributed by atoms with Crippen LogP contribution in [0.5, 0.6) is 0 Å². The summed E-state index contributed by atoms with van der Waals surface area (Å²) in [5.41, 5.74) is 0. The van der Waals surface area contributed by atoms with Crippen LogP contribution in [0.4, 0.5) is 0 Å². The Morgan fingerprint density at radius 3 is 2.50 bits per heavy atom. The first kappa shape index (κ1) is 13.9. The predicted octanol–water partition coefficient (Wildman–Crippen LogP) is 1.55. The van der Waals surface area contributed by atoms with Crippen LogP contribution in [-0.2, 0) is 4.74 Å². The number of ether oxygens (including phenoxy) is 1. The van der Waals surface area contributed by atoms with E-state index in [-0.39, 0.29) is 12.6 Å². The first-order valence-electron chi connectivity index (χ1n) is 5.70. The highest BCUT2D eigenvalue weighted by Crippen LogP contribution is 2.01. The Labute approximate surface area is 87.8 Å². The number of hydrogen-bond donors (Lipinski definition) is 2. The van der Waals surface area contributed by atoms with Crippen LogP contribution in [0.3, 0.4) is 0 Å². The van der Waals surface area contributed by atoms with Crippen LogP contribution in [0.25, 0.3) is 0 Å². The fourth-order valence-corrected chi connectivity index (χ4v) is 1.29. The van der Waals surface area contributed by atoms with Crippen molar-refractivity contribution in [2.24, 2.45) is 0 Å². The van der Waals surface area contributed by atoms with Gasteiger partial charge in [-0.2, -0.15) is 0 Å². The summed E-state index contributed by atoms with van der Waals surface area (Å²) in [5, 5.41) is 12.3. The normalized spacial score (nSPS) is 15.4. The summed E-state index contributed by atoms with van der Waals surface area (Å²) in [7, 11) is 0. The molecule has 3 heteroatoms. The third-order valence-corrected chi connectivity index (χ3v) is 2.18. The van der Waals surface area contributed by atoms with Crippen LogP contribution in [0.15, 0.2) is 0 Å². The highest BCUT2D eigenvalue weighted by molar-refractivity contribution is 4.64. The molecule has 0 aromatic heterocycles. The lowest BCUT2D eigenvalue weighted by molar-refractivity contribution is 0.0326. The van der Waals surface area contributed by atoms with Gasteiger partial charge < -0.3 is 15.2 Å². The molecule has 0 bridgehead atoms. The zero-order valence-electron chi connectivity index (χ0n) is 9.75. The molecule has 0 saturated carbocycles. The molecular weight excluding hydrogens is 178 g/mol. The van der Waals surface area contributed by atoms with E-state index in [1.807, 2.05) is 0 Å². The molecule has 2 unspecified atom stereocenters. The maximum absolute atomic E-state index is 9.05. The minimum Gasteiger partial charge on any atom is -0.395 e. The molecule has 0 rings (SSSR count). The van der Waals surface area contributed by atoms with Gasteiger partial charge in [0.1, 0.15) is 0 Å². The van der Waals surface area contributed by atoms with Crippen molar-refractivity contribution in [3.8, 4) is 0 Å². The molecule has 86 valence electrons. The standard InChI is InChI=1S/C11H25NO2/c1-4-6-10(3)14-9-11(8-13)12-7-5-2/h10-13H,4-9H2,1-3H3. The van der Waals surface area contributed by atoms with Gasteiger partial charge in [-0.05, 0) is 26.3 Å². The summed E-state index contributed by atoms with van der Waals surface area (Å²) in [4.78, 5) is 0. The molecule has 0 amide bonds. The lowest BCUT2D eigenvalue weighted by atomic mass is 10.2. The van der Waals surface area contributed by atoms with E-state index in [0.29, 0.717) is 12.7 Å². The Bertz CT molecular complexity index is 120. The summed E-state index contributed by atoms with van der Waals surface area (Å²) in [6.45, 7) is 8.05. The lowest BCUT2D eigenvalue weighted by Crippen LogP contribution is -2.38. The Hall–Kier alpha value is -0.120. The molecule has 0 fully saturated rings. The lowest BCUT2D eigenvalue weighted by Gasteiger charge is -2.19. The van der Waals surface area contributed by atoms with E-state index in [4.69, 9.17) is 9.84 Å². The number of hydrogen-bond acceptors (Lipinski definition) is 3. The van der Waals surface area contributed by atoms with Crippen molar-refractivity contribution in [3.63, 3.8) is 0 Å². The van der Waals surface area contributed by atoms with Crippen LogP contribution in [0.2, 0.25) is 0 Å². The zero-order valence-corrected chi connectivity index (χ0v) is 9.75. The van der Waals surface area contributed by atoms with Gasteiger partial charge in [0.25, 0.3) is 0 Å². The van der Waals surface area contributed by atoms with Crippen LogP contribution in [0, 0.1) is 0 Å². The molecular formula is C11H25NO2. The SMILES string of the molecule is CCCNC(CO)COC(C)CCC. The van der Waals surface area contributed by atoms with Gasteiger partial charge in [0.05, 0.1) is 25.4 Å². The van der Waals surface area contributed by atoms with Crippen LogP contribution in [-0.4, -0.2) is 37.0 Å². The number of nitrogens with one attached hydrogen (secondary N) is 1. The van der Waals surface area contributed by atoms with Crippen LogP contribution >= 0.6 is 0 Å². The van der Waals surface area contributed by atoms with Crippen molar-refractivity contribution in [3.05, 3.63) is 0 Å². The van der Waals surface area contributed by atoms with E-state index >= 15 is 0 Å². The quantitative estimate of drug-likeness (QED) is 0.597. The molecule has 0 aliphatic heterocycles. The molecule has 0 spiro atoms. The van der Waals surface area contributed by atoms with E-state index in [0.717, 1.165) is 25.8 Å². The molecule has 2 atom stereocenters. The molecule has 0 aromatic carbocycles. The van der Waals surface area contributed by atoms with Gasteiger partial charge in [0.2, 0.25) is 0 Å². The van der Waals surface area contributed by atoms with Crippen molar-refractivity contribution in [2.75, 3.05) is 19.8 Å². The average Bonchev–Trinajstić information content (AvgIpc) is 2.19. The fourth-order valence-electron chi connectivity index (χ4n) is 1.29. The fraction of sp³-hybridized carbons (Fsp3) is 1.00. The van der Waals surface area contributed by atoms with Gasteiger partial charge in [0.15, 0.2) is 0 Å². The second-order valence-electron chi connectivity index (χ2n) is 3.77. The van der Waals surface area contributed by atoms with E-state index < -0.39 is 0 Å². The minimum atomic E-state index is 0.0919. The minimum absolute atomic E-state index is 0.0919. The molecule has 0 aromatic rings. The first-order chi connectivity index (χ1) is 6.74. The average molecular weight is 203 g/mol. The van der Waals surface area contributed by atoms with E-state index in [1.54, 1.807) is 0 Å². The van der Waals surface area contributed by atoms with Crippen molar-refractivity contribution >= 4 is 0 Å². The third-order valence-electron chi connectivity index (χ3n) is 2.18. The number of rotatable bonds is 9. The predicted molar refractivity (Wildman–Crippen MR) is 59.5 cm³/mol. The molecule has 0 heterocycles. The maximum atomic E-state index is 9.05. The largest absolute Gasteiger partial charge is 0.395 e. The Morgan fingerprint density at radius 2 is 2.00 bits per heavy atom. The molecule has 0 aliphatic rings. The molecule has 2 N–H and O–H groups in total. The van der Waals surface area contributed by atoms with Crippen molar-refractivity contribution in [1.82, 2.24) is 5.32 Å². The van der Waals surface area contributed by atoms with E-state index in [9.17, 15) is 0 Å². The second kappa shape index (κ2) is 9.44.